The fourth-order valence-electron chi connectivity index (χ4n) is 4.52. The molecule has 1 N–H and O–H groups in total. The molecule has 0 radical (unpaired) electrons. The van der Waals surface area contributed by atoms with Gasteiger partial charge in [0.05, 0.1) is 12.6 Å². The van der Waals surface area contributed by atoms with Gasteiger partial charge >= 0.3 is 0 Å². The third kappa shape index (κ3) is 2.62. The Morgan fingerprint density at radius 3 is 2.88 bits per heavy atom. The number of nitrogens with zero attached hydrogens (tertiary/aromatic N) is 3. The summed E-state index contributed by atoms with van der Waals surface area (Å²) in [6.45, 7) is 5.65. The summed E-state index contributed by atoms with van der Waals surface area (Å²) in [5.74, 6) is 0.229. The van der Waals surface area contributed by atoms with Crippen molar-refractivity contribution in [2.45, 2.75) is 51.4 Å². The molecule has 0 aromatic carbocycles. The van der Waals surface area contributed by atoms with Crippen LogP contribution in [0.1, 0.15) is 47.5 Å². The minimum Gasteiger partial charge on any atom is -0.341 e. The first-order valence-electron chi connectivity index (χ1n) is 8.80. The number of rotatable bonds is 2. The second-order valence-electron chi connectivity index (χ2n) is 7.40. The lowest BCUT2D eigenvalue weighted by atomic mass is 9.77. The van der Waals surface area contributed by atoms with Gasteiger partial charge in [-0.2, -0.15) is 5.10 Å². The number of carbonyl (C=O) groups excluding carboxylic acids is 1. The van der Waals surface area contributed by atoms with Crippen LogP contribution >= 0.6 is 0 Å². The molecule has 2 aromatic heterocycles. The van der Waals surface area contributed by atoms with E-state index in [1.807, 2.05) is 32.2 Å². The molecular formula is C19H24N4O. The number of hydrogen-bond donors (Lipinski definition) is 1. The van der Waals surface area contributed by atoms with Crippen molar-refractivity contribution in [3.05, 3.63) is 46.5 Å². The molecule has 1 atom stereocenters. The summed E-state index contributed by atoms with van der Waals surface area (Å²) < 4.78 is 0. The molecule has 5 nitrogen and oxygen atoms in total. The number of pyridine rings is 1. The Hall–Kier alpha value is -2.17. The predicted molar refractivity (Wildman–Crippen MR) is 91.8 cm³/mol. The summed E-state index contributed by atoms with van der Waals surface area (Å²) >= 11 is 0. The van der Waals surface area contributed by atoms with Crippen molar-refractivity contribution < 1.29 is 4.79 Å². The van der Waals surface area contributed by atoms with Crippen molar-refractivity contribution in [3.63, 3.8) is 0 Å². The first-order chi connectivity index (χ1) is 11.6. The van der Waals surface area contributed by atoms with Crippen LogP contribution in [0.2, 0.25) is 0 Å². The van der Waals surface area contributed by atoms with E-state index in [0.717, 1.165) is 55.7 Å². The van der Waals surface area contributed by atoms with Crippen LogP contribution in [0.3, 0.4) is 0 Å². The normalized spacial score (nSPS) is 22.8. The number of hydrogen-bond acceptors (Lipinski definition) is 3. The minimum atomic E-state index is 0.101. The molecule has 1 fully saturated rings. The second-order valence-corrected chi connectivity index (χ2v) is 7.40. The van der Waals surface area contributed by atoms with Gasteiger partial charge < -0.3 is 4.90 Å². The zero-order valence-electron chi connectivity index (χ0n) is 14.4. The highest BCUT2D eigenvalue weighted by molar-refractivity contribution is 5.79. The number of likely N-dealkylation sites (tertiary alicyclic amines) is 1. The third-order valence-corrected chi connectivity index (χ3v) is 5.55. The quantitative estimate of drug-likeness (QED) is 0.923. The molecule has 24 heavy (non-hydrogen) atoms. The van der Waals surface area contributed by atoms with Crippen LogP contribution in [0.25, 0.3) is 0 Å². The molecule has 1 saturated heterocycles. The lowest BCUT2D eigenvalue weighted by molar-refractivity contribution is -0.132. The number of aromatic amines is 1. The van der Waals surface area contributed by atoms with E-state index in [9.17, 15) is 4.79 Å². The molecule has 1 aliphatic heterocycles. The van der Waals surface area contributed by atoms with Crippen molar-refractivity contribution in [3.8, 4) is 0 Å². The smallest absolute Gasteiger partial charge is 0.227 e. The monoisotopic (exact) mass is 324 g/mol. The number of nitrogens with one attached hydrogen (secondary N) is 1. The van der Waals surface area contributed by atoms with Gasteiger partial charge in [-0.1, -0.05) is 0 Å². The third-order valence-electron chi connectivity index (χ3n) is 5.55. The highest BCUT2D eigenvalue weighted by Gasteiger charge is 2.44. The summed E-state index contributed by atoms with van der Waals surface area (Å²) in [5.41, 5.74) is 5.74. The highest BCUT2D eigenvalue weighted by Crippen LogP contribution is 2.43. The van der Waals surface area contributed by atoms with Crippen LogP contribution in [0, 0.1) is 13.8 Å². The van der Waals surface area contributed by atoms with E-state index in [1.54, 1.807) is 0 Å². The molecule has 126 valence electrons. The number of aromatic nitrogens is 3. The fourth-order valence-corrected chi connectivity index (χ4v) is 4.52. The highest BCUT2D eigenvalue weighted by atomic mass is 16.2. The van der Waals surface area contributed by atoms with Gasteiger partial charge in [0.25, 0.3) is 0 Å². The van der Waals surface area contributed by atoms with Crippen LogP contribution in [0.4, 0.5) is 0 Å². The Kier molecular flexibility index (Phi) is 3.66. The van der Waals surface area contributed by atoms with E-state index in [2.05, 4.69) is 20.1 Å². The van der Waals surface area contributed by atoms with E-state index in [0.29, 0.717) is 6.42 Å². The van der Waals surface area contributed by atoms with Crippen LogP contribution in [0.5, 0.6) is 0 Å². The van der Waals surface area contributed by atoms with E-state index < -0.39 is 0 Å². The Labute approximate surface area is 142 Å². The molecule has 5 heteroatoms. The molecule has 1 aliphatic carbocycles. The predicted octanol–water partition coefficient (Wildman–Crippen LogP) is 2.47. The number of amides is 1. The van der Waals surface area contributed by atoms with Gasteiger partial charge in [-0.3, -0.25) is 14.9 Å². The van der Waals surface area contributed by atoms with Gasteiger partial charge in [-0.25, -0.2) is 0 Å². The fraction of sp³-hybridized carbons (Fsp3) is 0.526. The molecule has 0 saturated carbocycles. The maximum Gasteiger partial charge on any atom is 0.227 e. The maximum absolute atomic E-state index is 12.9. The van der Waals surface area contributed by atoms with Crippen LogP contribution in [-0.4, -0.2) is 39.1 Å². The summed E-state index contributed by atoms with van der Waals surface area (Å²) in [6, 6.07) is 4.04. The Bertz CT molecular complexity index is 761. The minimum absolute atomic E-state index is 0.101. The number of aryl methyl sites for hydroxylation is 3. The average Bonchev–Trinajstić information content (AvgIpc) is 3.12. The number of H-pyrrole nitrogens is 1. The van der Waals surface area contributed by atoms with Crippen LogP contribution < -0.4 is 0 Å². The Morgan fingerprint density at radius 2 is 2.08 bits per heavy atom. The Balaban J connectivity index is 1.51. The van der Waals surface area contributed by atoms with Crippen LogP contribution in [0.15, 0.2) is 18.3 Å². The molecule has 1 amide bonds. The van der Waals surface area contributed by atoms with Crippen molar-refractivity contribution in [2.75, 3.05) is 13.1 Å². The van der Waals surface area contributed by atoms with Crippen LogP contribution in [-0.2, 0) is 23.1 Å². The number of carbonyl (C=O) groups is 1. The first kappa shape index (κ1) is 15.4. The van der Waals surface area contributed by atoms with E-state index >= 15 is 0 Å². The van der Waals surface area contributed by atoms with Crippen molar-refractivity contribution in [1.82, 2.24) is 20.1 Å². The van der Waals surface area contributed by atoms with E-state index in [-0.39, 0.29) is 11.3 Å². The largest absolute Gasteiger partial charge is 0.341 e. The number of fused-ring (bicyclic) bond motifs is 2. The van der Waals surface area contributed by atoms with Crippen molar-refractivity contribution in [2.24, 2.45) is 0 Å². The van der Waals surface area contributed by atoms with Gasteiger partial charge in [0.15, 0.2) is 0 Å². The molecule has 0 bridgehead atoms. The maximum atomic E-state index is 12.9. The average molecular weight is 324 g/mol. The molecule has 4 rings (SSSR count). The Morgan fingerprint density at radius 1 is 1.29 bits per heavy atom. The van der Waals surface area contributed by atoms with E-state index in [4.69, 9.17) is 0 Å². The lowest BCUT2D eigenvalue weighted by Gasteiger charge is -2.40. The summed E-state index contributed by atoms with van der Waals surface area (Å²) in [5, 5.41) is 7.42. The van der Waals surface area contributed by atoms with Crippen molar-refractivity contribution in [1.29, 1.82) is 0 Å². The molecule has 2 aliphatic rings. The lowest BCUT2D eigenvalue weighted by Crippen LogP contribution is -2.48. The summed E-state index contributed by atoms with van der Waals surface area (Å²) in [4.78, 5) is 19.3. The topological polar surface area (TPSA) is 61.9 Å². The van der Waals surface area contributed by atoms with E-state index in [1.165, 1.54) is 11.3 Å². The molecule has 2 aromatic rings. The molecular weight excluding hydrogens is 300 g/mol. The van der Waals surface area contributed by atoms with Gasteiger partial charge in [0, 0.05) is 35.6 Å². The zero-order chi connectivity index (χ0) is 16.7. The number of piperidine rings is 1. The first-order valence-corrected chi connectivity index (χ1v) is 8.80. The van der Waals surface area contributed by atoms with Crippen molar-refractivity contribution >= 4 is 5.91 Å². The van der Waals surface area contributed by atoms with Gasteiger partial charge in [-0.05, 0) is 62.8 Å². The van der Waals surface area contributed by atoms with Gasteiger partial charge in [0.2, 0.25) is 5.91 Å². The molecule has 3 heterocycles. The second kappa shape index (κ2) is 5.72. The van der Waals surface area contributed by atoms with Gasteiger partial charge in [0.1, 0.15) is 0 Å². The zero-order valence-corrected chi connectivity index (χ0v) is 14.4. The summed E-state index contributed by atoms with van der Waals surface area (Å²) in [7, 11) is 0. The summed E-state index contributed by atoms with van der Waals surface area (Å²) in [6.07, 6.45) is 6.85. The standard InChI is InChI=1S/C19H24N4O/c1-13-8-15(9-14(2)21-13)10-17(24)23-7-3-5-19(12-23)6-4-16-11-20-22-18(16)19/h8-9,11H,3-7,10,12H2,1-2H3,(H,20,22). The SMILES string of the molecule is Cc1cc(CC(=O)N2CCCC3(CCc4cn[nH]c43)C2)cc(C)n1. The molecule has 1 spiro atoms. The van der Waals surface area contributed by atoms with Gasteiger partial charge in [-0.15, -0.1) is 0 Å². The molecule has 1 unspecified atom stereocenters.